The van der Waals surface area contributed by atoms with Gasteiger partial charge in [-0.3, -0.25) is 4.79 Å². The number of aryl methyl sites for hydroxylation is 1. The van der Waals surface area contributed by atoms with Gasteiger partial charge in [0.15, 0.2) is 5.16 Å². The van der Waals surface area contributed by atoms with Gasteiger partial charge in [0.2, 0.25) is 5.91 Å². The van der Waals surface area contributed by atoms with Crippen LogP contribution in [0, 0.1) is 0 Å². The molecule has 3 rings (SSSR count). The zero-order valence-electron chi connectivity index (χ0n) is 18.3. The highest BCUT2D eigenvalue weighted by Crippen LogP contribution is 2.28. The van der Waals surface area contributed by atoms with Crippen molar-refractivity contribution in [1.82, 2.24) is 14.8 Å². The lowest BCUT2D eigenvalue weighted by Gasteiger charge is -2.10. The van der Waals surface area contributed by atoms with Gasteiger partial charge in [0, 0.05) is 18.0 Å². The highest BCUT2D eigenvalue weighted by atomic mass is 35.5. The summed E-state index contributed by atoms with van der Waals surface area (Å²) >= 11 is 19.3. The van der Waals surface area contributed by atoms with E-state index in [0.29, 0.717) is 46.9 Å². The summed E-state index contributed by atoms with van der Waals surface area (Å²) in [6.07, 6.45) is 2.98. The number of hydrogen-bond acceptors (Lipinski definition) is 6. The molecule has 1 aromatic heterocycles. The monoisotopic (exact) mass is 554 g/mol. The lowest BCUT2D eigenvalue weighted by Crippen LogP contribution is -2.15. The number of carbonyl (C=O) groups excluding carboxylic acids is 1. The van der Waals surface area contributed by atoms with Gasteiger partial charge in [-0.1, -0.05) is 52.6 Å². The minimum atomic E-state index is -1.11. The largest absolute Gasteiger partial charge is 0.492 e. The predicted octanol–water partition coefficient (Wildman–Crippen LogP) is 5.86. The highest BCUT2D eigenvalue weighted by Gasteiger charge is 2.15. The maximum absolute atomic E-state index is 12.4. The van der Waals surface area contributed by atoms with Crippen LogP contribution < -0.4 is 10.1 Å². The van der Waals surface area contributed by atoms with Gasteiger partial charge in [-0.15, -0.1) is 16.8 Å². The van der Waals surface area contributed by atoms with E-state index in [1.165, 1.54) is 30.0 Å². The molecule has 2 aromatic carbocycles. The summed E-state index contributed by atoms with van der Waals surface area (Å²) < 4.78 is 7.59. The van der Waals surface area contributed by atoms with Gasteiger partial charge >= 0.3 is 5.97 Å². The van der Waals surface area contributed by atoms with E-state index < -0.39 is 5.97 Å². The molecular formula is C23H21Cl3N4O4S. The van der Waals surface area contributed by atoms with Crippen LogP contribution in [-0.2, 0) is 17.8 Å². The number of halogens is 3. The summed E-state index contributed by atoms with van der Waals surface area (Å²) in [5.74, 6) is -0.155. The number of thioether (sulfide) groups is 1. The fourth-order valence-electron chi connectivity index (χ4n) is 3.00. The first kappa shape index (κ1) is 26.9. The van der Waals surface area contributed by atoms with E-state index in [1.807, 2.05) is 4.57 Å². The molecule has 0 unspecified atom stereocenters. The van der Waals surface area contributed by atoms with E-state index in [9.17, 15) is 9.59 Å². The van der Waals surface area contributed by atoms with E-state index in [2.05, 4.69) is 22.1 Å². The second kappa shape index (κ2) is 12.8. The van der Waals surface area contributed by atoms with Crippen LogP contribution in [0.5, 0.6) is 5.75 Å². The Hall–Kier alpha value is -2.72. The number of carboxylic acid groups (broad SMARTS) is 1. The first-order valence-corrected chi connectivity index (χ1v) is 12.5. The van der Waals surface area contributed by atoms with Gasteiger partial charge in [-0.2, -0.15) is 0 Å². The van der Waals surface area contributed by atoms with E-state index in [4.69, 9.17) is 44.6 Å². The number of anilines is 1. The number of nitrogens with zero attached hydrogens (tertiary/aromatic N) is 3. The lowest BCUT2D eigenvalue weighted by atomic mass is 10.2. The van der Waals surface area contributed by atoms with Gasteiger partial charge in [-0.05, 0) is 42.8 Å². The topological polar surface area (TPSA) is 106 Å². The molecule has 0 saturated carbocycles. The summed E-state index contributed by atoms with van der Waals surface area (Å²) in [5, 5.41) is 22.0. The molecule has 0 spiro atoms. The van der Waals surface area contributed by atoms with Crippen LogP contribution >= 0.6 is 46.6 Å². The quantitative estimate of drug-likeness (QED) is 0.164. The molecule has 0 aliphatic heterocycles. The normalized spacial score (nSPS) is 10.7. The Morgan fingerprint density at radius 3 is 2.66 bits per heavy atom. The smallest absolute Gasteiger partial charge is 0.335 e. The number of nitrogens with one attached hydrogen (secondary N) is 1. The van der Waals surface area contributed by atoms with Crippen molar-refractivity contribution in [3.05, 3.63) is 75.5 Å². The van der Waals surface area contributed by atoms with Crippen molar-refractivity contribution in [2.45, 2.75) is 24.5 Å². The van der Waals surface area contributed by atoms with Crippen LogP contribution in [0.1, 0.15) is 22.6 Å². The summed E-state index contributed by atoms with van der Waals surface area (Å²) in [7, 11) is 0. The first-order chi connectivity index (χ1) is 16.8. The summed E-state index contributed by atoms with van der Waals surface area (Å²) in [6.45, 7) is 4.67. The van der Waals surface area contributed by atoms with Gasteiger partial charge < -0.3 is 19.7 Å². The fraction of sp³-hybridized carbons (Fsp3) is 0.217. The SMILES string of the molecule is C=CCn1c(CCCOc2ccc(Cl)cc2Cl)nnc1SCC(=O)Nc1cc(C(=O)O)ccc1Cl. The molecule has 184 valence electrons. The highest BCUT2D eigenvalue weighted by molar-refractivity contribution is 7.99. The molecule has 12 heteroatoms. The first-order valence-electron chi connectivity index (χ1n) is 10.3. The van der Waals surface area contributed by atoms with Crippen molar-refractivity contribution < 1.29 is 19.4 Å². The molecule has 0 radical (unpaired) electrons. The van der Waals surface area contributed by atoms with Gasteiger partial charge in [-0.25, -0.2) is 4.79 Å². The molecule has 0 fully saturated rings. The number of aromatic carboxylic acids is 1. The second-order valence-corrected chi connectivity index (χ2v) is 9.35. The van der Waals surface area contributed by atoms with Crippen molar-refractivity contribution in [2.75, 3.05) is 17.7 Å². The van der Waals surface area contributed by atoms with Crippen LogP contribution in [0.2, 0.25) is 15.1 Å². The van der Waals surface area contributed by atoms with Crippen LogP contribution in [0.4, 0.5) is 5.69 Å². The number of hydrogen-bond donors (Lipinski definition) is 2. The van der Waals surface area contributed by atoms with Crippen molar-refractivity contribution in [3.63, 3.8) is 0 Å². The molecule has 1 heterocycles. The Morgan fingerprint density at radius 1 is 1.14 bits per heavy atom. The average Bonchev–Trinajstić information content (AvgIpc) is 3.19. The molecule has 3 aromatic rings. The van der Waals surface area contributed by atoms with E-state index in [0.717, 1.165) is 5.82 Å². The summed E-state index contributed by atoms with van der Waals surface area (Å²) in [4.78, 5) is 23.6. The zero-order valence-corrected chi connectivity index (χ0v) is 21.4. The van der Waals surface area contributed by atoms with Gasteiger partial charge in [0.05, 0.1) is 33.7 Å². The Balaban J connectivity index is 1.56. The van der Waals surface area contributed by atoms with E-state index in [-0.39, 0.29) is 27.9 Å². The third-order valence-corrected chi connectivity index (χ3v) is 6.45. The Kier molecular flexibility index (Phi) is 9.85. The number of aromatic nitrogens is 3. The Labute approximate surface area is 221 Å². The van der Waals surface area contributed by atoms with Crippen molar-refractivity contribution in [2.24, 2.45) is 0 Å². The number of carbonyl (C=O) groups is 2. The van der Waals surface area contributed by atoms with Crippen LogP contribution in [0.15, 0.2) is 54.2 Å². The zero-order chi connectivity index (χ0) is 25.4. The molecule has 0 aliphatic carbocycles. The number of carboxylic acids is 1. The van der Waals surface area contributed by atoms with Crippen molar-refractivity contribution in [3.8, 4) is 5.75 Å². The minimum absolute atomic E-state index is 0.0232. The molecule has 0 atom stereocenters. The Morgan fingerprint density at radius 2 is 1.94 bits per heavy atom. The standard InChI is InChI=1S/C23H21Cl3N4O4S/c1-2-9-30-20(4-3-10-34-19-8-6-15(24)12-17(19)26)28-29-23(30)35-13-21(31)27-18-11-14(22(32)33)5-7-16(18)25/h2,5-8,11-12H,1,3-4,9-10,13H2,(H,27,31)(H,32,33). The van der Waals surface area contributed by atoms with E-state index in [1.54, 1.807) is 24.3 Å². The maximum Gasteiger partial charge on any atom is 0.335 e. The van der Waals surface area contributed by atoms with Crippen LogP contribution in [0.3, 0.4) is 0 Å². The molecule has 0 bridgehead atoms. The summed E-state index contributed by atoms with van der Waals surface area (Å²) in [6, 6.07) is 9.14. The molecule has 8 nitrogen and oxygen atoms in total. The molecule has 1 amide bonds. The predicted molar refractivity (Wildman–Crippen MR) is 138 cm³/mol. The van der Waals surface area contributed by atoms with Crippen LogP contribution in [0.25, 0.3) is 0 Å². The van der Waals surface area contributed by atoms with Crippen molar-refractivity contribution >= 4 is 64.1 Å². The number of ether oxygens (including phenoxy) is 1. The molecular weight excluding hydrogens is 535 g/mol. The number of amides is 1. The van der Waals surface area contributed by atoms with Crippen LogP contribution in [-0.4, -0.2) is 44.1 Å². The molecule has 0 saturated heterocycles. The van der Waals surface area contributed by atoms with E-state index >= 15 is 0 Å². The van der Waals surface area contributed by atoms with Gasteiger partial charge in [0.25, 0.3) is 0 Å². The lowest BCUT2D eigenvalue weighted by molar-refractivity contribution is -0.113. The number of allylic oxidation sites excluding steroid dienone is 1. The number of benzene rings is 2. The third kappa shape index (κ3) is 7.63. The maximum atomic E-state index is 12.4. The number of rotatable bonds is 12. The fourth-order valence-corrected chi connectivity index (χ4v) is 4.39. The summed E-state index contributed by atoms with van der Waals surface area (Å²) in [5.41, 5.74) is 0.251. The second-order valence-electron chi connectivity index (χ2n) is 7.16. The third-order valence-electron chi connectivity index (χ3n) is 4.62. The molecule has 2 N–H and O–H groups in total. The van der Waals surface area contributed by atoms with Gasteiger partial charge in [0.1, 0.15) is 11.6 Å². The average molecular weight is 556 g/mol. The Bertz CT molecular complexity index is 1240. The van der Waals surface area contributed by atoms with Crippen molar-refractivity contribution in [1.29, 1.82) is 0 Å². The minimum Gasteiger partial charge on any atom is -0.492 e. The molecule has 0 aliphatic rings. The molecule has 35 heavy (non-hydrogen) atoms.